The van der Waals surface area contributed by atoms with Crippen LogP contribution in [0, 0.1) is 0 Å². The quantitative estimate of drug-likeness (QED) is 0.731. The fourth-order valence-corrected chi connectivity index (χ4v) is 1.16. The van der Waals surface area contributed by atoms with Gasteiger partial charge in [0, 0.05) is 0 Å². The van der Waals surface area contributed by atoms with Crippen molar-refractivity contribution in [3.05, 3.63) is 0 Å². The molecular formula is C4H8NPt. The van der Waals surface area contributed by atoms with Crippen LogP contribution in [0.1, 0.15) is 19.3 Å². The van der Waals surface area contributed by atoms with Crippen molar-refractivity contribution in [1.82, 2.24) is 3.88 Å². The second-order valence-electron chi connectivity index (χ2n) is 1.72. The van der Waals surface area contributed by atoms with E-state index < -0.39 is 0 Å². The normalized spacial score (nSPS) is 23.7. The van der Waals surface area contributed by atoms with Crippen LogP contribution in [0.5, 0.6) is 0 Å². The molecule has 2 heteroatoms. The van der Waals surface area contributed by atoms with Gasteiger partial charge in [0.2, 0.25) is 0 Å². The third kappa shape index (κ3) is 0.827. The van der Waals surface area contributed by atoms with Gasteiger partial charge in [0.15, 0.2) is 0 Å². The van der Waals surface area contributed by atoms with E-state index in [0.29, 0.717) is 0 Å². The van der Waals surface area contributed by atoms with Gasteiger partial charge in [-0.05, 0) is 0 Å². The molecule has 1 rings (SSSR count). The van der Waals surface area contributed by atoms with E-state index in [4.69, 9.17) is 0 Å². The topological polar surface area (TPSA) is 12.0 Å². The van der Waals surface area contributed by atoms with Crippen LogP contribution in [0.2, 0.25) is 0 Å². The fourth-order valence-electron chi connectivity index (χ4n) is 0.500. The van der Waals surface area contributed by atoms with Crippen LogP contribution < -0.4 is 3.88 Å². The van der Waals surface area contributed by atoms with Crippen LogP contribution in [0.25, 0.3) is 0 Å². The fraction of sp³-hybridized carbons (Fsp3) is 1.00. The molecule has 1 aliphatic rings. The molecule has 1 aliphatic carbocycles. The molecule has 1 fully saturated rings. The average molecular weight is 265 g/mol. The molecule has 0 unspecified atom stereocenters. The van der Waals surface area contributed by atoms with Gasteiger partial charge in [-0.25, -0.2) is 0 Å². The Balaban J connectivity index is 2.01. The molecule has 0 aromatic carbocycles. The minimum atomic E-state index is 0.853. The monoisotopic (exact) mass is 265 g/mol. The SMILES string of the molecule is [Pt][NH]C1CCC1. The zero-order chi connectivity index (χ0) is 4.41. The third-order valence-electron chi connectivity index (χ3n) is 1.23. The summed E-state index contributed by atoms with van der Waals surface area (Å²) in [5, 5.41) is 0. The number of rotatable bonds is 1. The van der Waals surface area contributed by atoms with E-state index in [1.54, 1.807) is 0 Å². The van der Waals surface area contributed by atoms with Gasteiger partial charge in [-0.1, -0.05) is 0 Å². The summed E-state index contributed by atoms with van der Waals surface area (Å²) in [6.07, 6.45) is 4.22. The Kier molecular flexibility index (Phi) is 1.67. The zero-order valence-corrected chi connectivity index (χ0v) is 5.79. The maximum absolute atomic E-state index is 3.17. The van der Waals surface area contributed by atoms with Gasteiger partial charge in [0.25, 0.3) is 0 Å². The first-order chi connectivity index (χ1) is 2.93. The van der Waals surface area contributed by atoms with Crippen molar-refractivity contribution in [2.75, 3.05) is 0 Å². The summed E-state index contributed by atoms with van der Waals surface area (Å²) in [7, 11) is 0. The van der Waals surface area contributed by atoms with E-state index in [9.17, 15) is 0 Å². The molecule has 0 spiro atoms. The van der Waals surface area contributed by atoms with Crippen molar-refractivity contribution in [3.8, 4) is 0 Å². The van der Waals surface area contributed by atoms with E-state index in [1.165, 1.54) is 19.3 Å². The first-order valence-electron chi connectivity index (χ1n) is 2.26. The Labute approximate surface area is 49.7 Å². The molecule has 0 heterocycles. The van der Waals surface area contributed by atoms with Crippen molar-refractivity contribution in [3.63, 3.8) is 0 Å². The van der Waals surface area contributed by atoms with Gasteiger partial charge in [0.05, 0.1) is 0 Å². The second-order valence-corrected chi connectivity index (χ2v) is 2.38. The summed E-state index contributed by atoms with van der Waals surface area (Å²) in [6, 6.07) is 0.853. The minimum absolute atomic E-state index is 0.853. The van der Waals surface area contributed by atoms with Crippen molar-refractivity contribution < 1.29 is 20.1 Å². The van der Waals surface area contributed by atoms with Gasteiger partial charge in [-0.3, -0.25) is 0 Å². The van der Waals surface area contributed by atoms with Crippen LogP contribution in [0.15, 0.2) is 0 Å². The van der Waals surface area contributed by atoms with Crippen molar-refractivity contribution in [2.24, 2.45) is 0 Å². The third-order valence-corrected chi connectivity index (χ3v) is 2.16. The molecule has 0 radical (unpaired) electrons. The molecule has 1 nitrogen and oxygen atoms in total. The molecule has 0 aromatic rings. The summed E-state index contributed by atoms with van der Waals surface area (Å²) >= 11 is 2.20. The molecule has 0 amide bonds. The average Bonchev–Trinajstić information content (AvgIpc) is 1.31. The van der Waals surface area contributed by atoms with Crippen molar-refractivity contribution >= 4 is 0 Å². The Morgan fingerprint density at radius 2 is 2.17 bits per heavy atom. The molecular weight excluding hydrogens is 257 g/mol. The first kappa shape index (κ1) is 4.80. The van der Waals surface area contributed by atoms with E-state index in [1.807, 2.05) is 0 Å². The van der Waals surface area contributed by atoms with Crippen LogP contribution in [-0.2, 0) is 20.1 Å². The van der Waals surface area contributed by atoms with Crippen molar-refractivity contribution in [2.45, 2.75) is 25.3 Å². The van der Waals surface area contributed by atoms with E-state index in [2.05, 4.69) is 23.9 Å². The molecule has 1 N–H and O–H groups in total. The molecule has 6 heavy (non-hydrogen) atoms. The van der Waals surface area contributed by atoms with Gasteiger partial charge in [-0.2, -0.15) is 0 Å². The zero-order valence-electron chi connectivity index (χ0n) is 3.51. The summed E-state index contributed by atoms with van der Waals surface area (Å²) in [5.74, 6) is 0. The Bertz CT molecular complexity index is 40.1. The van der Waals surface area contributed by atoms with E-state index in [-0.39, 0.29) is 0 Å². The van der Waals surface area contributed by atoms with Gasteiger partial charge in [-0.15, -0.1) is 0 Å². The van der Waals surface area contributed by atoms with Gasteiger partial charge >= 0.3 is 49.2 Å². The Morgan fingerprint density at radius 3 is 2.17 bits per heavy atom. The standard InChI is InChI=1S/C4H8N.Pt/c5-4-2-1-3-4;/h4-5H,1-3H2;/q-1;+1. The Morgan fingerprint density at radius 1 is 1.50 bits per heavy atom. The van der Waals surface area contributed by atoms with Gasteiger partial charge in [0.1, 0.15) is 0 Å². The summed E-state index contributed by atoms with van der Waals surface area (Å²) in [5.41, 5.74) is 0. The second kappa shape index (κ2) is 2.09. The van der Waals surface area contributed by atoms with Crippen LogP contribution in [-0.4, -0.2) is 6.04 Å². The molecule has 1 saturated carbocycles. The molecule has 39 valence electrons. The van der Waals surface area contributed by atoms with Crippen LogP contribution in [0.4, 0.5) is 0 Å². The number of hydrogen-bond acceptors (Lipinski definition) is 1. The van der Waals surface area contributed by atoms with Crippen LogP contribution >= 0.6 is 0 Å². The van der Waals surface area contributed by atoms with E-state index in [0.717, 1.165) is 6.04 Å². The van der Waals surface area contributed by atoms with Gasteiger partial charge < -0.3 is 0 Å². The predicted octanol–water partition coefficient (Wildman–Crippen LogP) is 0.590. The molecule has 0 aromatic heterocycles. The summed E-state index contributed by atoms with van der Waals surface area (Å²) in [4.78, 5) is 0. The van der Waals surface area contributed by atoms with Crippen LogP contribution in [0.3, 0.4) is 0 Å². The predicted molar refractivity (Wildman–Crippen MR) is 20.8 cm³/mol. The summed E-state index contributed by atoms with van der Waals surface area (Å²) < 4.78 is 3.17. The molecule has 0 aliphatic heterocycles. The molecule has 0 bridgehead atoms. The molecule has 0 atom stereocenters. The van der Waals surface area contributed by atoms with E-state index >= 15 is 0 Å². The number of hydrogen-bond donors (Lipinski definition) is 1. The molecule has 0 saturated heterocycles. The van der Waals surface area contributed by atoms with Crippen molar-refractivity contribution in [1.29, 1.82) is 0 Å². The number of nitrogens with one attached hydrogen (secondary N) is 1. The summed E-state index contributed by atoms with van der Waals surface area (Å²) in [6.45, 7) is 0. The first-order valence-corrected chi connectivity index (χ1v) is 3.40. The Hall–Kier alpha value is 0.648. The maximum atomic E-state index is 3.17.